The maximum Gasteiger partial charge on any atom is 0.243 e. The smallest absolute Gasteiger partial charge is 0.243 e. The summed E-state index contributed by atoms with van der Waals surface area (Å²) in [7, 11) is -3.52. The highest BCUT2D eigenvalue weighted by atomic mass is 32.2. The second-order valence-electron chi connectivity index (χ2n) is 6.36. The normalized spacial score (nSPS) is 16.6. The zero-order chi connectivity index (χ0) is 18.3. The van der Waals surface area contributed by atoms with Crippen LogP contribution in [0.5, 0.6) is 0 Å². The van der Waals surface area contributed by atoms with E-state index in [9.17, 15) is 13.2 Å². The molecule has 1 aromatic carbocycles. The molecule has 1 fully saturated rings. The van der Waals surface area contributed by atoms with Crippen LogP contribution in [0.2, 0.25) is 0 Å². The molecule has 0 atom stereocenters. The van der Waals surface area contributed by atoms with Gasteiger partial charge in [-0.2, -0.15) is 4.31 Å². The highest BCUT2D eigenvalue weighted by Crippen LogP contribution is 2.19. The van der Waals surface area contributed by atoms with Gasteiger partial charge in [-0.3, -0.25) is 9.69 Å². The van der Waals surface area contributed by atoms with Crippen LogP contribution in [0.25, 0.3) is 0 Å². The Hall–Kier alpha value is -1.44. The average Bonchev–Trinajstić information content (AvgIpc) is 2.84. The number of rotatable bonds is 7. The summed E-state index contributed by atoms with van der Waals surface area (Å²) < 4.78 is 26.6. The van der Waals surface area contributed by atoms with Crippen molar-refractivity contribution in [3.05, 3.63) is 24.3 Å². The maximum atomic E-state index is 12.6. The summed E-state index contributed by atoms with van der Waals surface area (Å²) in [6.07, 6.45) is 4.71. The Labute approximate surface area is 151 Å². The highest BCUT2D eigenvalue weighted by molar-refractivity contribution is 7.89. The largest absolute Gasteiger partial charge is 0.325 e. The first-order chi connectivity index (χ1) is 12.0. The van der Waals surface area contributed by atoms with Gasteiger partial charge in [-0.25, -0.2) is 8.42 Å². The number of amides is 1. The summed E-state index contributed by atoms with van der Waals surface area (Å²) >= 11 is 0. The fourth-order valence-electron chi connectivity index (χ4n) is 3.14. The van der Waals surface area contributed by atoms with Crippen molar-refractivity contribution >= 4 is 21.6 Å². The molecule has 2 rings (SSSR count). The van der Waals surface area contributed by atoms with Crippen LogP contribution >= 0.6 is 0 Å². The van der Waals surface area contributed by atoms with Crippen molar-refractivity contribution in [3.63, 3.8) is 0 Å². The summed E-state index contributed by atoms with van der Waals surface area (Å²) in [6.45, 7) is 6.72. The Morgan fingerprint density at radius 1 is 1.12 bits per heavy atom. The molecule has 140 valence electrons. The topological polar surface area (TPSA) is 69.7 Å². The van der Waals surface area contributed by atoms with Crippen molar-refractivity contribution in [3.8, 4) is 0 Å². The Balaban J connectivity index is 2.04. The van der Waals surface area contributed by atoms with Gasteiger partial charge in [0.05, 0.1) is 11.4 Å². The number of benzene rings is 1. The second kappa shape index (κ2) is 9.31. The summed E-state index contributed by atoms with van der Waals surface area (Å²) in [5.74, 6) is -0.0979. The minimum absolute atomic E-state index is 0.0979. The Bertz CT molecular complexity index is 664. The molecule has 0 saturated carbocycles. The van der Waals surface area contributed by atoms with Gasteiger partial charge in [-0.15, -0.1) is 0 Å². The van der Waals surface area contributed by atoms with Gasteiger partial charge >= 0.3 is 0 Å². The predicted octanol–water partition coefficient (Wildman–Crippen LogP) is 2.53. The van der Waals surface area contributed by atoms with E-state index >= 15 is 0 Å². The van der Waals surface area contributed by atoms with Crippen LogP contribution in [0.3, 0.4) is 0 Å². The van der Waals surface area contributed by atoms with Gasteiger partial charge in [-0.1, -0.05) is 32.8 Å². The van der Waals surface area contributed by atoms with Crippen molar-refractivity contribution in [1.29, 1.82) is 0 Å². The lowest BCUT2D eigenvalue weighted by Crippen LogP contribution is -2.34. The molecule has 7 heteroatoms. The van der Waals surface area contributed by atoms with Crippen LogP contribution in [0.1, 0.15) is 39.5 Å². The lowest BCUT2D eigenvalue weighted by molar-refractivity contribution is -0.117. The number of hydrogen-bond acceptors (Lipinski definition) is 4. The predicted molar refractivity (Wildman–Crippen MR) is 100 cm³/mol. The standard InChI is InChI=1S/C18H29N3O3S/c1-3-21(4-2)25(23,24)17-11-9-10-16(14-17)19-18(22)15-20-12-7-5-6-8-13-20/h9-11,14H,3-8,12-13,15H2,1-2H3,(H,19,22). The molecule has 0 aromatic heterocycles. The first-order valence-corrected chi connectivity index (χ1v) is 10.5. The van der Waals surface area contributed by atoms with E-state index in [0.717, 1.165) is 25.9 Å². The van der Waals surface area contributed by atoms with E-state index in [1.807, 2.05) is 13.8 Å². The number of sulfonamides is 1. The molecule has 1 amide bonds. The third kappa shape index (κ3) is 5.52. The van der Waals surface area contributed by atoms with E-state index in [1.165, 1.54) is 23.2 Å². The Kier molecular flexibility index (Phi) is 7.40. The number of nitrogens with zero attached hydrogens (tertiary/aromatic N) is 2. The first kappa shape index (κ1) is 19.9. The summed E-state index contributed by atoms with van der Waals surface area (Å²) in [6, 6.07) is 6.49. The Morgan fingerprint density at radius 3 is 2.36 bits per heavy atom. The van der Waals surface area contributed by atoms with Crippen molar-refractivity contribution in [2.45, 2.75) is 44.4 Å². The van der Waals surface area contributed by atoms with Gasteiger partial charge in [-0.05, 0) is 44.1 Å². The van der Waals surface area contributed by atoms with Gasteiger partial charge in [0.25, 0.3) is 0 Å². The van der Waals surface area contributed by atoms with Crippen molar-refractivity contribution < 1.29 is 13.2 Å². The molecule has 1 aromatic rings. The number of anilines is 1. The molecular weight excluding hydrogens is 338 g/mol. The van der Waals surface area contributed by atoms with Crippen LogP contribution in [0, 0.1) is 0 Å². The van der Waals surface area contributed by atoms with Crippen LogP contribution in [-0.2, 0) is 14.8 Å². The van der Waals surface area contributed by atoms with Gasteiger partial charge in [0.2, 0.25) is 15.9 Å². The lowest BCUT2D eigenvalue weighted by atomic mass is 10.2. The van der Waals surface area contributed by atoms with E-state index in [0.29, 0.717) is 25.3 Å². The molecule has 0 bridgehead atoms. The fraction of sp³-hybridized carbons (Fsp3) is 0.611. The van der Waals surface area contributed by atoms with Crippen molar-refractivity contribution in [2.75, 3.05) is 38.0 Å². The third-order valence-corrected chi connectivity index (χ3v) is 6.57. The second-order valence-corrected chi connectivity index (χ2v) is 8.29. The molecule has 1 aliphatic heterocycles. The molecule has 1 N–H and O–H groups in total. The summed E-state index contributed by atoms with van der Waals surface area (Å²) in [4.78, 5) is 14.7. The number of likely N-dealkylation sites (tertiary alicyclic amines) is 1. The van der Waals surface area contributed by atoms with Gasteiger partial charge in [0.1, 0.15) is 0 Å². The lowest BCUT2D eigenvalue weighted by Gasteiger charge is -2.20. The summed E-state index contributed by atoms with van der Waals surface area (Å²) in [5.41, 5.74) is 0.521. The molecule has 6 nitrogen and oxygen atoms in total. The van der Waals surface area contributed by atoms with E-state index in [4.69, 9.17) is 0 Å². The molecular formula is C18H29N3O3S. The first-order valence-electron chi connectivity index (χ1n) is 9.09. The molecule has 1 saturated heterocycles. The monoisotopic (exact) mass is 367 g/mol. The minimum Gasteiger partial charge on any atom is -0.325 e. The average molecular weight is 368 g/mol. The van der Waals surface area contributed by atoms with Gasteiger partial charge in [0.15, 0.2) is 0 Å². The third-order valence-electron chi connectivity index (χ3n) is 4.53. The minimum atomic E-state index is -3.52. The van der Waals surface area contributed by atoms with E-state index in [2.05, 4.69) is 10.2 Å². The highest BCUT2D eigenvalue weighted by Gasteiger charge is 2.22. The molecule has 0 spiro atoms. The zero-order valence-corrected chi connectivity index (χ0v) is 16.0. The summed E-state index contributed by atoms with van der Waals surface area (Å²) in [5, 5.41) is 2.83. The number of hydrogen-bond donors (Lipinski definition) is 1. The molecule has 0 unspecified atom stereocenters. The zero-order valence-electron chi connectivity index (χ0n) is 15.2. The van der Waals surface area contributed by atoms with Crippen LogP contribution < -0.4 is 5.32 Å². The van der Waals surface area contributed by atoms with Gasteiger partial charge in [0, 0.05) is 18.8 Å². The number of carbonyl (C=O) groups is 1. The van der Waals surface area contributed by atoms with Crippen LogP contribution in [0.15, 0.2) is 29.2 Å². The fourth-order valence-corrected chi connectivity index (χ4v) is 4.65. The number of nitrogens with one attached hydrogen (secondary N) is 1. The molecule has 0 radical (unpaired) electrons. The number of carbonyl (C=O) groups excluding carboxylic acids is 1. The SMILES string of the molecule is CCN(CC)S(=O)(=O)c1cccc(NC(=O)CN2CCCCCC2)c1. The molecule has 1 heterocycles. The van der Waals surface area contributed by atoms with Crippen LogP contribution in [0.4, 0.5) is 5.69 Å². The van der Waals surface area contributed by atoms with Crippen LogP contribution in [-0.4, -0.2) is 56.3 Å². The van der Waals surface area contributed by atoms with E-state index in [-0.39, 0.29) is 10.8 Å². The van der Waals surface area contributed by atoms with Crippen molar-refractivity contribution in [2.24, 2.45) is 0 Å². The van der Waals surface area contributed by atoms with E-state index in [1.54, 1.807) is 18.2 Å². The van der Waals surface area contributed by atoms with Gasteiger partial charge < -0.3 is 5.32 Å². The van der Waals surface area contributed by atoms with E-state index < -0.39 is 10.0 Å². The van der Waals surface area contributed by atoms with Crippen molar-refractivity contribution in [1.82, 2.24) is 9.21 Å². The molecule has 25 heavy (non-hydrogen) atoms. The molecule has 0 aliphatic carbocycles. The Morgan fingerprint density at radius 2 is 1.76 bits per heavy atom. The molecule has 1 aliphatic rings. The quantitative estimate of drug-likeness (QED) is 0.804. The maximum absolute atomic E-state index is 12.6.